The van der Waals surface area contributed by atoms with E-state index in [-0.39, 0.29) is 17.4 Å². The normalized spacial score (nSPS) is 33.0. The standard InChI is InChI=1S/C14H24N2O3S/c1-10-7-12(10)13(17)16-5-3-14(4-6-16)8-11(9-14)15-20(2,18)19/h10-12,15H,3-9H2,1-2H3. The van der Waals surface area contributed by atoms with Crippen molar-refractivity contribution in [2.45, 2.75) is 45.1 Å². The maximum absolute atomic E-state index is 12.2. The van der Waals surface area contributed by atoms with Crippen molar-refractivity contribution in [1.29, 1.82) is 0 Å². The number of rotatable bonds is 3. The molecule has 20 heavy (non-hydrogen) atoms. The highest BCUT2D eigenvalue weighted by Crippen LogP contribution is 2.50. The Morgan fingerprint density at radius 1 is 1.25 bits per heavy atom. The minimum atomic E-state index is -3.09. The molecule has 0 radical (unpaired) electrons. The summed E-state index contributed by atoms with van der Waals surface area (Å²) in [5, 5.41) is 0. The average molecular weight is 300 g/mol. The van der Waals surface area contributed by atoms with Gasteiger partial charge in [-0.3, -0.25) is 4.79 Å². The molecule has 114 valence electrons. The lowest BCUT2D eigenvalue weighted by molar-refractivity contribution is -0.136. The van der Waals surface area contributed by atoms with Crippen LogP contribution in [0.1, 0.15) is 39.0 Å². The Morgan fingerprint density at radius 2 is 1.80 bits per heavy atom. The molecule has 2 unspecified atom stereocenters. The number of nitrogens with one attached hydrogen (secondary N) is 1. The summed E-state index contributed by atoms with van der Waals surface area (Å²) in [4.78, 5) is 14.2. The lowest BCUT2D eigenvalue weighted by Crippen LogP contribution is -2.55. The molecule has 0 aromatic heterocycles. The molecule has 2 aliphatic carbocycles. The van der Waals surface area contributed by atoms with Gasteiger partial charge in [0.25, 0.3) is 0 Å². The molecule has 1 N–H and O–H groups in total. The van der Waals surface area contributed by atoms with E-state index in [0.717, 1.165) is 45.2 Å². The van der Waals surface area contributed by atoms with Crippen molar-refractivity contribution >= 4 is 15.9 Å². The highest BCUT2D eigenvalue weighted by Gasteiger charge is 2.49. The lowest BCUT2D eigenvalue weighted by atomic mass is 9.60. The van der Waals surface area contributed by atoms with Crippen LogP contribution in [0.2, 0.25) is 0 Å². The summed E-state index contributed by atoms with van der Waals surface area (Å²) in [5.41, 5.74) is 0.286. The van der Waals surface area contributed by atoms with Crippen LogP contribution in [0.25, 0.3) is 0 Å². The first-order chi connectivity index (χ1) is 9.28. The molecule has 0 aromatic carbocycles. The Kier molecular flexibility index (Phi) is 3.36. The third-order valence-electron chi connectivity index (χ3n) is 5.30. The minimum Gasteiger partial charge on any atom is -0.342 e. The topological polar surface area (TPSA) is 66.5 Å². The predicted octanol–water partition coefficient (Wildman–Crippen LogP) is 0.963. The van der Waals surface area contributed by atoms with Crippen molar-refractivity contribution in [3.05, 3.63) is 0 Å². The van der Waals surface area contributed by atoms with E-state index in [2.05, 4.69) is 11.6 Å². The molecule has 1 amide bonds. The molecule has 3 rings (SSSR count). The van der Waals surface area contributed by atoms with Crippen molar-refractivity contribution in [2.24, 2.45) is 17.3 Å². The second kappa shape index (κ2) is 4.70. The van der Waals surface area contributed by atoms with E-state index in [9.17, 15) is 13.2 Å². The summed E-state index contributed by atoms with van der Waals surface area (Å²) in [6, 6.07) is 0.107. The van der Waals surface area contributed by atoms with Crippen LogP contribution in [0.4, 0.5) is 0 Å². The highest BCUT2D eigenvalue weighted by atomic mass is 32.2. The maximum atomic E-state index is 12.2. The second-order valence-electron chi connectivity index (χ2n) is 7.14. The van der Waals surface area contributed by atoms with Gasteiger partial charge in [0.15, 0.2) is 0 Å². The number of piperidine rings is 1. The van der Waals surface area contributed by atoms with Gasteiger partial charge in [-0.1, -0.05) is 6.92 Å². The van der Waals surface area contributed by atoms with Gasteiger partial charge in [-0.25, -0.2) is 13.1 Å². The smallest absolute Gasteiger partial charge is 0.225 e. The molecule has 1 heterocycles. The first kappa shape index (κ1) is 14.3. The van der Waals surface area contributed by atoms with Gasteiger partial charge in [-0.05, 0) is 43.4 Å². The number of likely N-dealkylation sites (tertiary alicyclic amines) is 1. The summed E-state index contributed by atoms with van der Waals surface area (Å²) in [6.07, 6.45) is 6.20. The fourth-order valence-electron chi connectivity index (χ4n) is 3.88. The maximum Gasteiger partial charge on any atom is 0.225 e. The molecular formula is C14H24N2O3S. The number of nitrogens with zero attached hydrogens (tertiary/aromatic N) is 1. The first-order valence-corrected chi connectivity index (χ1v) is 9.43. The number of hydrogen-bond donors (Lipinski definition) is 1. The predicted molar refractivity (Wildman–Crippen MR) is 76.5 cm³/mol. The summed E-state index contributed by atoms with van der Waals surface area (Å²) in [5.74, 6) is 1.20. The van der Waals surface area contributed by atoms with Gasteiger partial charge in [0.2, 0.25) is 15.9 Å². The Labute approximate surface area is 121 Å². The number of carbonyl (C=O) groups excluding carboxylic acids is 1. The van der Waals surface area contributed by atoms with Crippen LogP contribution in [-0.2, 0) is 14.8 Å². The first-order valence-electron chi connectivity index (χ1n) is 7.54. The molecule has 1 aliphatic heterocycles. The van der Waals surface area contributed by atoms with E-state index in [0.29, 0.717) is 11.8 Å². The largest absolute Gasteiger partial charge is 0.342 e. The Morgan fingerprint density at radius 3 is 2.25 bits per heavy atom. The Balaban J connectivity index is 1.47. The SMILES string of the molecule is CC1CC1C(=O)N1CCC2(CC1)CC(NS(C)(=O)=O)C2. The van der Waals surface area contributed by atoms with Crippen LogP contribution in [0, 0.1) is 17.3 Å². The quantitative estimate of drug-likeness (QED) is 0.844. The molecule has 3 aliphatic rings. The van der Waals surface area contributed by atoms with E-state index in [1.165, 1.54) is 6.26 Å². The van der Waals surface area contributed by atoms with Crippen molar-refractivity contribution in [3.63, 3.8) is 0 Å². The molecule has 6 heteroatoms. The molecule has 5 nitrogen and oxygen atoms in total. The van der Waals surface area contributed by atoms with E-state index in [4.69, 9.17) is 0 Å². The third-order valence-corrected chi connectivity index (χ3v) is 6.06. The molecule has 1 saturated heterocycles. The van der Waals surface area contributed by atoms with Gasteiger partial charge in [0.05, 0.1) is 6.26 Å². The number of carbonyl (C=O) groups is 1. The van der Waals surface area contributed by atoms with E-state index in [1.807, 2.05) is 4.90 Å². The van der Waals surface area contributed by atoms with Crippen LogP contribution >= 0.6 is 0 Å². The molecule has 1 spiro atoms. The van der Waals surface area contributed by atoms with Gasteiger partial charge in [-0.15, -0.1) is 0 Å². The van der Waals surface area contributed by atoms with Crippen LogP contribution in [-0.4, -0.2) is 44.6 Å². The second-order valence-corrected chi connectivity index (χ2v) is 8.92. The van der Waals surface area contributed by atoms with E-state index < -0.39 is 10.0 Å². The monoisotopic (exact) mass is 300 g/mol. The van der Waals surface area contributed by atoms with Crippen molar-refractivity contribution < 1.29 is 13.2 Å². The van der Waals surface area contributed by atoms with Crippen molar-refractivity contribution in [3.8, 4) is 0 Å². The average Bonchev–Trinajstić information content (AvgIpc) is 3.03. The number of sulfonamides is 1. The van der Waals surface area contributed by atoms with Gasteiger partial charge in [0, 0.05) is 25.0 Å². The zero-order valence-corrected chi connectivity index (χ0v) is 13.1. The molecule has 2 saturated carbocycles. The summed E-state index contributed by atoms with van der Waals surface area (Å²) < 4.78 is 25.1. The molecule has 0 aromatic rings. The van der Waals surface area contributed by atoms with E-state index in [1.54, 1.807) is 0 Å². The summed E-state index contributed by atoms with van der Waals surface area (Å²) in [6.45, 7) is 3.85. The number of amides is 1. The van der Waals surface area contributed by atoms with Crippen molar-refractivity contribution in [1.82, 2.24) is 9.62 Å². The summed E-state index contributed by atoms with van der Waals surface area (Å²) >= 11 is 0. The molecule has 3 fully saturated rings. The fourth-order valence-corrected chi connectivity index (χ4v) is 4.65. The van der Waals surface area contributed by atoms with Gasteiger partial charge < -0.3 is 4.90 Å². The van der Waals surface area contributed by atoms with Crippen LogP contribution in [0.15, 0.2) is 0 Å². The Bertz CT molecular complexity index is 501. The van der Waals surface area contributed by atoms with Crippen LogP contribution in [0.5, 0.6) is 0 Å². The Hall–Kier alpha value is -0.620. The highest BCUT2D eigenvalue weighted by molar-refractivity contribution is 7.88. The zero-order chi connectivity index (χ0) is 14.5. The van der Waals surface area contributed by atoms with E-state index >= 15 is 0 Å². The third kappa shape index (κ3) is 2.86. The zero-order valence-electron chi connectivity index (χ0n) is 12.3. The van der Waals surface area contributed by atoms with Gasteiger partial charge in [0.1, 0.15) is 0 Å². The summed E-state index contributed by atoms with van der Waals surface area (Å²) in [7, 11) is -3.09. The van der Waals surface area contributed by atoms with Gasteiger partial charge in [-0.2, -0.15) is 0 Å². The van der Waals surface area contributed by atoms with Crippen LogP contribution < -0.4 is 4.72 Å². The molecular weight excluding hydrogens is 276 g/mol. The minimum absolute atomic E-state index is 0.107. The fraction of sp³-hybridized carbons (Fsp3) is 0.929. The van der Waals surface area contributed by atoms with Crippen molar-refractivity contribution in [2.75, 3.05) is 19.3 Å². The molecule has 2 atom stereocenters. The van der Waals surface area contributed by atoms with Crippen LogP contribution in [0.3, 0.4) is 0 Å². The number of hydrogen-bond acceptors (Lipinski definition) is 3. The molecule has 0 bridgehead atoms. The lowest BCUT2D eigenvalue weighted by Gasteiger charge is -2.52. The van der Waals surface area contributed by atoms with Gasteiger partial charge >= 0.3 is 0 Å².